The van der Waals surface area contributed by atoms with Gasteiger partial charge in [0.05, 0.1) is 11.0 Å². The van der Waals surface area contributed by atoms with E-state index in [0.29, 0.717) is 30.5 Å². The van der Waals surface area contributed by atoms with Gasteiger partial charge in [0.1, 0.15) is 17.5 Å². The third-order valence-electron chi connectivity index (χ3n) is 7.86. The van der Waals surface area contributed by atoms with E-state index in [-0.39, 0.29) is 11.7 Å². The number of pyridine rings is 1. The van der Waals surface area contributed by atoms with Crippen molar-refractivity contribution < 1.29 is 4.79 Å². The van der Waals surface area contributed by atoms with E-state index in [1.165, 1.54) is 18.4 Å². The van der Waals surface area contributed by atoms with E-state index < -0.39 is 0 Å². The predicted molar refractivity (Wildman–Crippen MR) is 160 cm³/mol. The van der Waals surface area contributed by atoms with E-state index in [0.717, 1.165) is 54.8 Å². The van der Waals surface area contributed by atoms with Crippen LogP contribution < -0.4 is 16.4 Å². The van der Waals surface area contributed by atoms with E-state index in [1.54, 1.807) is 11.1 Å². The molecule has 3 heterocycles. The minimum absolute atomic E-state index is 0.0728. The van der Waals surface area contributed by atoms with E-state index in [1.807, 2.05) is 60.7 Å². The predicted octanol–water partition coefficient (Wildman–Crippen LogP) is 3.59. The first-order valence-electron chi connectivity index (χ1n) is 14.0. The summed E-state index contributed by atoms with van der Waals surface area (Å²) in [6.07, 6.45) is 6.80. The summed E-state index contributed by atoms with van der Waals surface area (Å²) >= 11 is 0. The molecule has 9 heteroatoms. The van der Waals surface area contributed by atoms with Gasteiger partial charge in [-0.25, -0.2) is 9.97 Å². The van der Waals surface area contributed by atoms with E-state index >= 15 is 0 Å². The molecule has 0 bridgehead atoms. The normalized spacial score (nSPS) is 15.5. The Morgan fingerprint density at radius 2 is 1.90 bits per heavy atom. The van der Waals surface area contributed by atoms with Gasteiger partial charge in [-0.1, -0.05) is 30.3 Å². The highest BCUT2D eigenvalue weighted by molar-refractivity contribution is 6.07. The average Bonchev–Trinajstić information content (AvgIpc) is 3.55. The zero-order valence-corrected chi connectivity index (χ0v) is 23.1. The number of likely N-dealkylation sites (tertiary alicyclic amines) is 1. The van der Waals surface area contributed by atoms with Crippen molar-refractivity contribution in [3.63, 3.8) is 0 Å². The van der Waals surface area contributed by atoms with Crippen LogP contribution in [0.2, 0.25) is 0 Å². The van der Waals surface area contributed by atoms with Gasteiger partial charge in [-0.3, -0.25) is 15.1 Å². The summed E-state index contributed by atoms with van der Waals surface area (Å²) in [5.41, 5.74) is 15.8. The molecule has 4 aromatic rings. The van der Waals surface area contributed by atoms with Crippen molar-refractivity contribution in [3.05, 3.63) is 89.4 Å². The summed E-state index contributed by atoms with van der Waals surface area (Å²) in [6.45, 7) is 2.75. The second-order valence-corrected chi connectivity index (χ2v) is 10.5. The monoisotopic (exact) mass is 538 g/mol. The number of carbonyl (C=O) groups is 1. The molecule has 1 aliphatic heterocycles. The summed E-state index contributed by atoms with van der Waals surface area (Å²) in [4.78, 5) is 27.0. The lowest BCUT2D eigenvalue weighted by molar-refractivity contribution is 0.0987. The van der Waals surface area contributed by atoms with Crippen LogP contribution in [0.25, 0.3) is 11.0 Å². The molecule has 0 aliphatic carbocycles. The van der Waals surface area contributed by atoms with Crippen molar-refractivity contribution in [2.24, 2.45) is 11.5 Å². The number of benzene rings is 2. The number of aryl methyl sites for hydroxylation is 3. The van der Waals surface area contributed by atoms with Gasteiger partial charge in [-0.05, 0) is 75.2 Å². The molecule has 1 saturated heterocycles. The van der Waals surface area contributed by atoms with Gasteiger partial charge >= 0.3 is 0 Å². The maximum atomic E-state index is 13.6. The van der Waals surface area contributed by atoms with E-state index in [9.17, 15) is 4.79 Å². The Kier molecular flexibility index (Phi) is 8.52. The van der Waals surface area contributed by atoms with Crippen molar-refractivity contribution in [1.29, 1.82) is 5.41 Å². The van der Waals surface area contributed by atoms with Gasteiger partial charge in [0.25, 0.3) is 5.91 Å². The van der Waals surface area contributed by atoms with Gasteiger partial charge in [0.15, 0.2) is 0 Å². The van der Waals surface area contributed by atoms with E-state index in [2.05, 4.69) is 21.5 Å². The topological polar surface area (TPSA) is 130 Å². The molecular weight excluding hydrogens is 500 g/mol. The Morgan fingerprint density at radius 1 is 1.10 bits per heavy atom. The molecule has 0 radical (unpaired) electrons. The van der Waals surface area contributed by atoms with Crippen LogP contribution in [0.4, 0.5) is 5.82 Å². The molecule has 1 aliphatic rings. The minimum Gasteiger partial charge on any atom is -0.384 e. The number of rotatable bonds is 11. The summed E-state index contributed by atoms with van der Waals surface area (Å²) in [6, 6.07) is 19.7. The lowest BCUT2D eigenvalue weighted by atomic mass is 10.1. The molecule has 2 aromatic heterocycles. The second kappa shape index (κ2) is 12.4. The van der Waals surface area contributed by atoms with Crippen molar-refractivity contribution in [2.75, 3.05) is 31.6 Å². The van der Waals surface area contributed by atoms with Crippen LogP contribution in [-0.4, -0.2) is 63.9 Å². The molecule has 5 N–H and O–H groups in total. The summed E-state index contributed by atoms with van der Waals surface area (Å²) in [5.74, 6) is 1.53. The quantitative estimate of drug-likeness (QED) is 0.198. The number of fused-ring (bicyclic) bond motifs is 1. The van der Waals surface area contributed by atoms with Crippen LogP contribution in [0.1, 0.15) is 46.6 Å². The number of aromatic nitrogens is 3. The molecule has 1 unspecified atom stereocenters. The first-order chi connectivity index (χ1) is 19.4. The molecule has 2 aromatic carbocycles. The Morgan fingerprint density at radius 3 is 2.58 bits per heavy atom. The van der Waals surface area contributed by atoms with Crippen LogP contribution in [0.5, 0.6) is 0 Å². The van der Waals surface area contributed by atoms with Gasteiger partial charge in [-0.15, -0.1) is 0 Å². The zero-order valence-electron chi connectivity index (χ0n) is 23.1. The Balaban J connectivity index is 1.43. The van der Waals surface area contributed by atoms with Crippen LogP contribution in [-0.2, 0) is 19.4 Å². The zero-order chi connectivity index (χ0) is 28.1. The number of nitrogens with two attached hydrogens (primary N) is 2. The fraction of sp³-hybridized carbons (Fsp3) is 0.355. The number of hydrogen-bond donors (Lipinski definition) is 3. The average molecular weight is 539 g/mol. The van der Waals surface area contributed by atoms with Crippen LogP contribution in [0.3, 0.4) is 0 Å². The molecular formula is C31H38N8O. The van der Waals surface area contributed by atoms with Gasteiger partial charge in [0.2, 0.25) is 0 Å². The third kappa shape index (κ3) is 6.05. The smallest absolute Gasteiger partial charge is 0.259 e. The third-order valence-corrected chi connectivity index (χ3v) is 7.86. The largest absolute Gasteiger partial charge is 0.384 e. The maximum Gasteiger partial charge on any atom is 0.259 e. The number of amides is 1. The number of nitrogens with zero attached hydrogens (tertiary/aromatic N) is 5. The number of hydrogen-bond acceptors (Lipinski definition) is 6. The Labute approximate surface area is 235 Å². The van der Waals surface area contributed by atoms with Gasteiger partial charge < -0.3 is 20.9 Å². The lowest BCUT2D eigenvalue weighted by Crippen LogP contribution is -2.36. The Bertz CT molecular complexity index is 1460. The van der Waals surface area contributed by atoms with Gasteiger partial charge in [-0.2, -0.15) is 0 Å². The molecule has 40 heavy (non-hydrogen) atoms. The molecule has 9 nitrogen and oxygen atoms in total. The molecule has 0 saturated carbocycles. The van der Waals surface area contributed by atoms with Crippen LogP contribution in [0.15, 0.2) is 66.9 Å². The number of nitrogens with one attached hydrogen (secondary N) is 1. The first kappa shape index (κ1) is 27.5. The lowest BCUT2D eigenvalue weighted by Gasteiger charge is -2.21. The molecule has 1 atom stereocenters. The SMILES string of the molecule is CN1CCCC1CCn1c(CCc2ccc(C(=N)N)cc2)nc2cc(C(=O)N(CCN)c3ccccn3)ccc21. The maximum absolute atomic E-state index is 13.6. The van der Waals surface area contributed by atoms with Gasteiger partial charge in [0, 0.05) is 49.4 Å². The number of imidazole rings is 1. The highest BCUT2D eigenvalue weighted by atomic mass is 16.2. The highest BCUT2D eigenvalue weighted by Crippen LogP contribution is 2.25. The fourth-order valence-electron chi connectivity index (χ4n) is 5.60. The van der Waals surface area contributed by atoms with Crippen LogP contribution in [0, 0.1) is 5.41 Å². The summed E-state index contributed by atoms with van der Waals surface area (Å²) in [5, 5.41) is 7.63. The molecule has 208 valence electrons. The summed E-state index contributed by atoms with van der Waals surface area (Å²) < 4.78 is 2.33. The van der Waals surface area contributed by atoms with Crippen molar-refractivity contribution >= 4 is 28.6 Å². The molecule has 0 spiro atoms. The first-order valence-corrected chi connectivity index (χ1v) is 14.0. The summed E-state index contributed by atoms with van der Waals surface area (Å²) in [7, 11) is 2.21. The second-order valence-electron chi connectivity index (χ2n) is 10.5. The number of anilines is 1. The fourth-order valence-corrected chi connectivity index (χ4v) is 5.60. The van der Waals surface area contributed by atoms with E-state index in [4.69, 9.17) is 21.9 Å². The number of amidine groups is 1. The minimum atomic E-state index is -0.139. The molecule has 1 amide bonds. The number of carbonyl (C=O) groups excluding carboxylic acids is 1. The van der Waals surface area contributed by atoms with Crippen molar-refractivity contribution in [1.82, 2.24) is 19.4 Å². The molecule has 1 fully saturated rings. The highest BCUT2D eigenvalue weighted by Gasteiger charge is 2.23. The number of nitrogen functional groups attached to an aromatic ring is 1. The Hall–Kier alpha value is -4.08. The van der Waals surface area contributed by atoms with Crippen LogP contribution >= 0.6 is 0 Å². The standard InChI is InChI=1S/C31H38N8O/c1-37-18-4-5-25(37)15-19-38-27-13-12-24(31(40)39(20-16-32)28-6-2-3-17-35-28)21-26(27)36-29(38)14-9-22-7-10-23(11-8-22)30(33)34/h2-3,6-8,10-13,17,21,25H,4-5,9,14-16,18-20,32H2,1H3,(H3,33,34). The van der Waals surface area contributed by atoms with Crippen molar-refractivity contribution in [3.8, 4) is 0 Å². The van der Waals surface area contributed by atoms with Crippen molar-refractivity contribution in [2.45, 2.75) is 44.7 Å². The molecule has 5 rings (SSSR count).